The zero-order chi connectivity index (χ0) is 22.8. The van der Waals surface area contributed by atoms with E-state index in [-0.39, 0.29) is 5.02 Å². The molecule has 11 heteroatoms. The fraction of sp³-hybridized carbons (Fsp3) is 0.364. The Labute approximate surface area is 200 Å². The van der Waals surface area contributed by atoms with Crippen molar-refractivity contribution >= 4 is 40.9 Å². The second-order valence-electron chi connectivity index (χ2n) is 7.83. The number of piperazine rings is 1. The quantitative estimate of drug-likeness (QED) is 0.556. The number of morpholine rings is 1. The van der Waals surface area contributed by atoms with Crippen LogP contribution in [0.4, 0.5) is 22.1 Å². The van der Waals surface area contributed by atoms with Gasteiger partial charge in [-0.2, -0.15) is 0 Å². The Morgan fingerprint density at radius 2 is 1.52 bits per heavy atom. The van der Waals surface area contributed by atoms with Crippen LogP contribution in [-0.4, -0.2) is 67.4 Å². The van der Waals surface area contributed by atoms with E-state index in [4.69, 9.17) is 37.9 Å². The summed E-state index contributed by atoms with van der Waals surface area (Å²) in [4.78, 5) is 23.8. The maximum Gasteiger partial charge on any atom is 0.323 e. The molecule has 1 N–H and O–H groups in total. The zero-order valence-electron chi connectivity index (χ0n) is 17.8. The Bertz CT molecular complexity index is 1140. The highest BCUT2D eigenvalue weighted by atomic mass is 35.5. The fourth-order valence-electron chi connectivity index (χ4n) is 3.96. The summed E-state index contributed by atoms with van der Waals surface area (Å²) in [5.74, 6) is 2.21. The highest BCUT2D eigenvalue weighted by Gasteiger charge is 2.28. The molecule has 4 heterocycles. The minimum absolute atomic E-state index is 0.0410. The number of halogens is 3. The van der Waals surface area contributed by atoms with Gasteiger partial charge in [-0.05, 0) is 30.3 Å². The molecule has 0 bridgehead atoms. The molecular weight excluding hydrogens is 468 g/mol. The van der Waals surface area contributed by atoms with Crippen molar-refractivity contribution in [1.29, 1.82) is 0 Å². The van der Waals surface area contributed by atoms with Crippen LogP contribution in [0.1, 0.15) is 0 Å². The van der Waals surface area contributed by atoms with Crippen LogP contribution in [0.25, 0.3) is 11.4 Å². The summed E-state index contributed by atoms with van der Waals surface area (Å²) in [5, 5.41) is 0.684. The van der Waals surface area contributed by atoms with Gasteiger partial charge in [0.15, 0.2) is 0 Å². The molecule has 2 saturated heterocycles. The molecule has 2 fully saturated rings. The smallest absolute Gasteiger partial charge is 0.323 e. The highest BCUT2D eigenvalue weighted by Crippen LogP contribution is 2.26. The summed E-state index contributed by atoms with van der Waals surface area (Å²) >= 11 is 12.4. The number of benzene rings is 1. The molecule has 33 heavy (non-hydrogen) atoms. The molecule has 3 aromatic rings. The van der Waals surface area contributed by atoms with E-state index in [0.717, 1.165) is 45.1 Å². The molecule has 0 radical (unpaired) electrons. The maximum atomic E-state index is 13.7. The van der Waals surface area contributed by atoms with Gasteiger partial charge in [0.25, 0.3) is 5.82 Å². The fourth-order valence-corrected chi connectivity index (χ4v) is 4.38. The first-order valence-corrected chi connectivity index (χ1v) is 11.5. The van der Waals surface area contributed by atoms with Gasteiger partial charge in [-0.1, -0.05) is 33.2 Å². The number of pyridine rings is 1. The van der Waals surface area contributed by atoms with Gasteiger partial charge in [-0.15, -0.1) is 0 Å². The Kier molecular flexibility index (Phi) is 6.43. The molecule has 0 spiro atoms. The summed E-state index contributed by atoms with van der Waals surface area (Å²) in [5.41, 5.74) is 0.657. The number of anilines is 3. The monoisotopic (exact) mass is 490 g/mol. The molecule has 172 valence electrons. The van der Waals surface area contributed by atoms with Gasteiger partial charge in [0.2, 0.25) is 0 Å². The maximum absolute atomic E-state index is 13.7. The van der Waals surface area contributed by atoms with Gasteiger partial charge in [-0.3, -0.25) is 9.80 Å². The third-order valence-corrected chi connectivity index (χ3v) is 6.34. The molecule has 0 atom stereocenters. The lowest BCUT2D eigenvalue weighted by atomic mass is 10.2. The van der Waals surface area contributed by atoms with Crippen molar-refractivity contribution in [3.8, 4) is 11.4 Å². The average Bonchev–Trinajstić information content (AvgIpc) is 2.86. The highest BCUT2D eigenvalue weighted by molar-refractivity contribution is 6.33. The summed E-state index contributed by atoms with van der Waals surface area (Å²) in [6.07, 6.45) is 1.75. The third kappa shape index (κ3) is 4.80. The van der Waals surface area contributed by atoms with E-state index in [1.54, 1.807) is 18.3 Å². The number of ether oxygens (including phenoxy) is 1. The lowest BCUT2D eigenvalue weighted by Crippen LogP contribution is -2.50. The van der Waals surface area contributed by atoms with Crippen LogP contribution in [0.3, 0.4) is 0 Å². The summed E-state index contributed by atoms with van der Waals surface area (Å²) in [7, 11) is 0. The number of aromatic nitrogens is 4. The number of nitrogens with one attached hydrogen (secondary N) is 1. The standard InChI is InChI=1S/C22H22Cl2FN7O/c23-16-2-1-5-26-20(16)30-6-8-31(9-7-30)21-27-19(15-3-4-18(25)17(24)14-15)28-22(29-21)32-10-12-33-13-11-32/h1-5,14H,6-13H2/p+1. The van der Waals surface area contributed by atoms with Crippen LogP contribution in [0.5, 0.6) is 0 Å². The minimum atomic E-state index is -0.471. The second kappa shape index (κ2) is 9.62. The van der Waals surface area contributed by atoms with E-state index in [1.165, 1.54) is 6.07 Å². The molecule has 0 unspecified atom stereocenters. The summed E-state index contributed by atoms with van der Waals surface area (Å²) in [6.45, 7) is 5.67. The van der Waals surface area contributed by atoms with E-state index in [1.807, 2.05) is 12.1 Å². The molecule has 5 rings (SSSR count). The minimum Gasteiger partial charge on any atom is -0.376 e. The number of hydrogen-bond donors (Lipinski definition) is 0. The predicted octanol–water partition coefficient (Wildman–Crippen LogP) is 2.96. The largest absolute Gasteiger partial charge is 0.376 e. The molecule has 0 amide bonds. The molecule has 1 aromatic carbocycles. The van der Waals surface area contributed by atoms with Crippen LogP contribution in [0, 0.1) is 5.82 Å². The van der Waals surface area contributed by atoms with E-state index in [0.29, 0.717) is 41.5 Å². The average molecular weight is 491 g/mol. The third-order valence-electron chi connectivity index (χ3n) is 5.75. The predicted molar refractivity (Wildman–Crippen MR) is 126 cm³/mol. The van der Waals surface area contributed by atoms with Crippen molar-refractivity contribution in [2.24, 2.45) is 0 Å². The molecule has 0 saturated carbocycles. The van der Waals surface area contributed by atoms with Gasteiger partial charge >= 0.3 is 11.9 Å². The Morgan fingerprint density at radius 1 is 0.848 bits per heavy atom. The molecule has 0 aliphatic carbocycles. The Hall–Kier alpha value is -2.75. The zero-order valence-corrected chi connectivity index (χ0v) is 19.4. The van der Waals surface area contributed by atoms with Crippen LogP contribution in [0.15, 0.2) is 36.5 Å². The number of H-pyrrole nitrogens is 1. The van der Waals surface area contributed by atoms with E-state index in [9.17, 15) is 4.39 Å². The number of aromatic amines is 1. The Balaban J connectivity index is 1.44. The van der Waals surface area contributed by atoms with Crippen molar-refractivity contribution in [2.75, 3.05) is 67.2 Å². The van der Waals surface area contributed by atoms with Gasteiger partial charge in [0.1, 0.15) is 11.6 Å². The van der Waals surface area contributed by atoms with Gasteiger partial charge in [0.05, 0.1) is 49.4 Å². The molecular formula is C22H23Cl2FN7O+. The van der Waals surface area contributed by atoms with E-state index >= 15 is 0 Å². The van der Waals surface area contributed by atoms with Crippen molar-refractivity contribution in [3.63, 3.8) is 0 Å². The van der Waals surface area contributed by atoms with E-state index in [2.05, 4.69) is 24.7 Å². The molecule has 2 aliphatic heterocycles. The molecule has 2 aliphatic rings. The van der Waals surface area contributed by atoms with Crippen LogP contribution in [-0.2, 0) is 4.74 Å². The lowest BCUT2D eigenvalue weighted by Gasteiger charge is -2.33. The van der Waals surface area contributed by atoms with Crippen molar-refractivity contribution < 1.29 is 14.1 Å². The first-order valence-electron chi connectivity index (χ1n) is 10.8. The van der Waals surface area contributed by atoms with Crippen molar-refractivity contribution in [1.82, 2.24) is 15.0 Å². The summed E-state index contributed by atoms with van der Waals surface area (Å²) < 4.78 is 19.2. The second-order valence-corrected chi connectivity index (χ2v) is 8.65. The van der Waals surface area contributed by atoms with Crippen LogP contribution >= 0.6 is 23.2 Å². The first kappa shape index (κ1) is 22.1. The van der Waals surface area contributed by atoms with Gasteiger partial charge < -0.3 is 9.64 Å². The number of rotatable bonds is 4. The van der Waals surface area contributed by atoms with Crippen LogP contribution in [0.2, 0.25) is 10.0 Å². The van der Waals surface area contributed by atoms with Gasteiger partial charge in [-0.25, -0.2) is 14.4 Å². The Morgan fingerprint density at radius 3 is 2.18 bits per heavy atom. The number of hydrogen-bond acceptors (Lipinski definition) is 7. The SMILES string of the molecule is Fc1ccc(-c2nc(N3CCOCC3)[nH+]c(N3CCN(c4ncccc4Cl)CC3)n2)cc1Cl. The summed E-state index contributed by atoms with van der Waals surface area (Å²) in [6, 6.07) is 8.21. The lowest BCUT2D eigenvalue weighted by molar-refractivity contribution is -0.359. The molecule has 2 aromatic heterocycles. The first-order chi connectivity index (χ1) is 16.1. The van der Waals surface area contributed by atoms with E-state index < -0.39 is 5.82 Å². The normalized spacial score (nSPS) is 16.9. The number of nitrogens with zero attached hydrogens (tertiary/aromatic N) is 6. The molecule has 8 nitrogen and oxygen atoms in total. The van der Waals surface area contributed by atoms with Crippen LogP contribution < -0.4 is 19.7 Å². The van der Waals surface area contributed by atoms with Crippen molar-refractivity contribution in [3.05, 3.63) is 52.4 Å². The van der Waals surface area contributed by atoms with Crippen molar-refractivity contribution in [2.45, 2.75) is 0 Å². The topological polar surface area (TPSA) is 71.8 Å². The van der Waals surface area contributed by atoms with Gasteiger partial charge in [0, 0.05) is 24.8 Å².